The normalized spacial score (nSPS) is 21.7. The molecule has 9 nitrogen and oxygen atoms in total. The SMILES string of the molecule is C=CCOC1CC(n2cc(C#CC/N=C\OC(F)(F)F)c(N)nc2=O)OC1CO. The summed E-state index contributed by atoms with van der Waals surface area (Å²) in [4.78, 5) is 19.2. The third-order valence-corrected chi connectivity index (χ3v) is 3.73. The lowest BCUT2D eigenvalue weighted by atomic mass is 10.2. The Labute approximate surface area is 163 Å². The van der Waals surface area contributed by atoms with Crippen molar-refractivity contribution >= 4 is 12.2 Å². The van der Waals surface area contributed by atoms with Crippen LogP contribution in [-0.2, 0) is 14.2 Å². The van der Waals surface area contributed by atoms with Gasteiger partial charge in [-0.15, -0.1) is 19.8 Å². The van der Waals surface area contributed by atoms with Crippen molar-refractivity contribution in [2.45, 2.75) is 31.2 Å². The molecule has 1 fully saturated rings. The first kappa shape index (κ1) is 22.4. The van der Waals surface area contributed by atoms with E-state index >= 15 is 0 Å². The largest absolute Gasteiger partial charge is 0.573 e. The zero-order valence-corrected chi connectivity index (χ0v) is 15.1. The predicted octanol–water partition coefficient (Wildman–Crippen LogP) is 0.593. The van der Waals surface area contributed by atoms with Crippen LogP contribution in [0.5, 0.6) is 0 Å². The van der Waals surface area contributed by atoms with Crippen LogP contribution in [0.2, 0.25) is 0 Å². The fourth-order valence-corrected chi connectivity index (χ4v) is 2.50. The highest BCUT2D eigenvalue weighted by Gasteiger charge is 2.37. The van der Waals surface area contributed by atoms with E-state index in [1.165, 1.54) is 6.20 Å². The van der Waals surface area contributed by atoms with Crippen molar-refractivity contribution in [3.05, 3.63) is 34.9 Å². The van der Waals surface area contributed by atoms with Gasteiger partial charge in [-0.1, -0.05) is 17.9 Å². The van der Waals surface area contributed by atoms with Crippen molar-refractivity contribution in [3.8, 4) is 11.8 Å². The number of nitrogen functional groups attached to an aromatic ring is 1. The lowest BCUT2D eigenvalue weighted by Crippen LogP contribution is -2.29. The molecule has 1 aromatic rings. The molecule has 1 aliphatic heterocycles. The van der Waals surface area contributed by atoms with E-state index in [0.717, 1.165) is 4.57 Å². The topological polar surface area (TPSA) is 121 Å². The number of hydrogen-bond acceptors (Lipinski definition) is 8. The second-order valence-electron chi connectivity index (χ2n) is 5.75. The number of aromatic nitrogens is 2. The summed E-state index contributed by atoms with van der Waals surface area (Å²) in [5.74, 6) is 4.90. The van der Waals surface area contributed by atoms with Gasteiger partial charge in [0.1, 0.15) is 24.7 Å². The molecular formula is C17H19F3N4O5. The van der Waals surface area contributed by atoms with Crippen molar-refractivity contribution in [3.63, 3.8) is 0 Å². The minimum atomic E-state index is -4.82. The maximum atomic E-state index is 12.2. The molecule has 12 heteroatoms. The quantitative estimate of drug-likeness (QED) is 0.289. The van der Waals surface area contributed by atoms with Gasteiger partial charge in [0, 0.05) is 12.6 Å². The van der Waals surface area contributed by atoms with Gasteiger partial charge in [0.25, 0.3) is 0 Å². The summed E-state index contributed by atoms with van der Waals surface area (Å²) < 4.78 is 51.2. The molecule has 0 radical (unpaired) electrons. The van der Waals surface area contributed by atoms with Crippen LogP contribution in [0.4, 0.5) is 19.0 Å². The summed E-state index contributed by atoms with van der Waals surface area (Å²) in [5.41, 5.74) is 5.16. The monoisotopic (exact) mass is 416 g/mol. The molecule has 2 rings (SSSR count). The van der Waals surface area contributed by atoms with E-state index in [-0.39, 0.29) is 44.0 Å². The van der Waals surface area contributed by atoms with E-state index in [0.29, 0.717) is 0 Å². The van der Waals surface area contributed by atoms with Gasteiger partial charge in [0.15, 0.2) is 6.40 Å². The van der Waals surface area contributed by atoms with E-state index in [2.05, 4.69) is 33.1 Å². The van der Waals surface area contributed by atoms with Crippen molar-refractivity contribution in [2.75, 3.05) is 25.5 Å². The summed E-state index contributed by atoms with van der Waals surface area (Å²) in [6.07, 6.45) is -3.29. The van der Waals surface area contributed by atoms with Crippen LogP contribution in [0.1, 0.15) is 18.2 Å². The Morgan fingerprint density at radius 2 is 2.31 bits per heavy atom. The number of ether oxygens (including phenoxy) is 3. The molecule has 1 aromatic heterocycles. The molecule has 0 amide bonds. The minimum absolute atomic E-state index is 0.148. The number of anilines is 1. The van der Waals surface area contributed by atoms with Crippen molar-refractivity contribution in [1.29, 1.82) is 0 Å². The van der Waals surface area contributed by atoms with Crippen LogP contribution in [-0.4, -0.2) is 59.4 Å². The lowest BCUT2D eigenvalue weighted by Gasteiger charge is -2.15. The van der Waals surface area contributed by atoms with Gasteiger partial charge in [-0.2, -0.15) is 4.98 Å². The van der Waals surface area contributed by atoms with Gasteiger partial charge >= 0.3 is 12.1 Å². The molecule has 0 saturated carbocycles. The highest BCUT2D eigenvalue weighted by molar-refractivity contribution is 5.50. The van der Waals surface area contributed by atoms with Crippen LogP contribution >= 0.6 is 0 Å². The Balaban J connectivity index is 2.13. The second kappa shape index (κ2) is 10.1. The van der Waals surface area contributed by atoms with E-state index in [1.54, 1.807) is 6.08 Å². The molecule has 1 saturated heterocycles. The molecule has 158 valence electrons. The van der Waals surface area contributed by atoms with Gasteiger partial charge in [0.2, 0.25) is 0 Å². The lowest BCUT2D eigenvalue weighted by molar-refractivity contribution is -0.280. The highest BCUT2D eigenvalue weighted by Crippen LogP contribution is 2.30. The maximum absolute atomic E-state index is 12.2. The summed E-state index contributed by atoms with van der Waals surface area (Å²) >= 11 is 0. The number of aliphatic hydroxyl groups excluding tert-OH is 1. The Kier molecular flexibility index (Phi) is 7.77. The summed E-state index contributed by atoms with van der Waals surface area (Å²) in [5, 5.41) is 9.44. The molecule has 0 aromatic carbocycles. The average molecular weight is 416 g/mol. The van der Waals surface area contributed by atoms with Crippen LogP contribution < -0.4 is 11.4 Å². The molecule has 2 heterocycles. The Bertz CT molecular complexity index is 859. The molecule has 29 heavy (non-hydrogen) atoms. The highest BCUT2D eigenvalue weighted by atomic mass is 19.4. The van der Waals surface area contributed by atoms with Crippen molar-refractivity contribution in [1.82, 2.24) is 9.55 Å². The number of halogens is 3. The molecule has 0 spiro atoms. The second-order valence-corrected chi connectivity index (χ2v) is 5.75. The fraction of sp³-hybridized carbons (Fsp3) is 0.471. The number of nitrogens with zero attached hydrogens (tertiary/aromatic N) is 3. The van der Waals surface area contributed by atoms with Crippen LogP contribution in [0.25, 0.3) is 0 Å². The molecular weight excluding hydrogens is 397 g/mol. The van der Waals surface area contributed by atoms with E-state index < -0.39 is 30.5 Å². The van der Waals surface area contributed by atoms with Gasteiger partial charge < -0.3 is 25.1 Å². The first-order valence-corrected chi connectivity index (χ1v) is 8.34. The third kappa shape index (κ3) is 6.60. The molecule has 0 aliphatic carbocycles. The average Bonchev–Trinajstić information content (AvgIpc) is 3.06. The number of hydrogen-bond donors (Lipinski definition) is 2. The Morgan fingerprint density at radius 1 is 1.55 bits per heavy atom. The number of aliphatic imine (C=N–C) groups is 1. The van der Waals surface area contributed by atoms with Crippen molar-refractivity contribution < 1.29 is 32.5 Å². The molecule has 3 atom stereocenters. The molecule has 3 unspecified atom stereocenters. The van der Waals surface area contributed by atoms with Crippen LogP contribution in [0.3, 0.4) is 0 Å². The first-order valence-electron chi connectivity index (χ1n) is 8.34. The molecule has 1 aliphatic rings. The van der Waals surface area contributed by atoms with Crippen LogP contribution in [0, 0.1) is 11.8 Å². The maximum Gasteiger partial charge on any atom is 0.573 e. The smallest absolute Gasteiger partial charge is 0.395 e. The molecule has 3 N–H and O–H groups in total. The van der Waals surface area contributed by atoms with Gasteiger partial charge in [-0.25, -0.2) is 9.79 Å². The third-order valence-electron chi connectivity index (χ3n) is 3.73. The number of aliphatic hydroxyl groups is 1. The van der Waals surface area contributed by atoms with Gasteiger partial charge in [0.05, 0.1) is 24.9 Å². The van der Waals surface area contributed by atoms with Gasteiger partial charge in [-0.3, -0.25) is 4.57 Å². The predicted molar refractivity (Wildman–Crippen MR) is 95.8 cm³/mol. The zero-order valence-electron chi connectivity index (χ0n) is 15.1. The molecule has 0 bridgehead atoms. The number of rotatable bonds is 7. The van der Waals surface area contributed by atoms with Crippen LogP contribution in [0.15, 0.2) is 28.6 Å². The van der Waals surface area contributed by atoms with E-state index in [4.69, 9.17) is 15.2 Å². The Hall–Kier alpha value is -2.88. The first-order chi connectivity index (χ1) is 13.7. The fourth-order valence-electron chi connectivity index (χ4n) is 2.50. The van der Waals surface area contributed by atoms with E-state index in [9.17, 15) is 23.1 Å². The minimum Gasteiger partial charge on any atom is -0.395 e. The standard InChI is InChI=1S/C17H19F3N4O5/c1-2-6-27-12-7-14(29-13(12)9-25)24-8-11(15(21)23-16(24)26)4-3-5-22-10-28-17(18,19)20/h2,8,10,12-14,25H,1,5-7,9H2,(H2,21,23,26)/b22-10-. The zero-order chi connectivity index (χ0) is 21.4. The summed E-state index contributed by atoms with van der Waals surface area (Å²) in [7, 11) is 0. The van der Waals surface area contributed by atoms with Crippen molar-refractivity contribution in [2.24, 2.45) is 4.99 Å². The summed E-state index contributed by atoms with van der Waals surface area (Å²) in [6.45, 7) is 3.20. The number of nitrogens with two attached hydrogens (primary N) is 1. The van der Waals surface area contributed by atoms with Gasteiger partial charge in [-0.05, 0) is 0 Å². The Morgan fingerprint density at radius 3 is 2.97 bits per heavy atom. The summed E-state index contributed by atoms with van der Waals surface area (Å²) in [6, 6.07) is 0. The number of alkyl halides is 3. The van der Waals surface area contributed by atoms with E-state index in [1.807, 2.05) is 0 Å².